The molecule has 0 spiro atoms. The van der Waals surface area contributed by atoms with Gasteiger partial charge < -0.3 is 10.6 Å². The van der Waals surface area contributed by atoms with E-state index in [4.69, 9.17) is 23.2 Å². The number of nitrogens with zero attached hydrogens (tertiary/aromatic N) is 3. The van der Waals surface area contributed by atoms with Crippen molar-refractivity contribution in [3.63, 3.8) is 0 Å². The second-order valence-corrected chi connectivity index (χ2v) is 9.15. The maximum atomic E-state index is 12.3. The van der Waals surface area contributed by atoms with Crippen LogP contribution in [0.2, 0.25) is 10.0 Å². The maximum Gasteiger partial charge on any atom is 0.323 e. The topological polar surface area (TPSA) is 87.1 Å². The molecular weight excluding hydrogens is 435 g/mol. The van der Waals surface area contributed by atoms with Crippen LogP contribution >= 0.6 is 23.2 Å². The first-order valence-corrected chi connectivity index (χ1v) is 10.5. The van der Waals surface area contributed by atoms with Gasteiger partial charge in [-0.3, -0.25) is 5.10 Å². The molecule has 160 valence electrons. The second kappa shape index (κ2) is 7.90. The number of nitrogens with one attached hydrogen (secondary N) is 3. The minimum Gasteiger partial charge on any atom is -0.308 e. The van der Waals surface area contributed by atoms with Crippen molar-refractivity contribution in [2.75, 3.05) is 10.6 Å². The molecule has 7 nitrogen and oxygen atoms in total. The van der Waals surface area contributed by atoms with Crippen LogP contribution in [0.15, 0.2) is 42.5 Å². The molecule has 0 aliphatic carbocycles. The predicted molar refractivity (Wildman–Crippen MR) is 125 cm³/mol. The predicted octanol–water partition coefficient (Wildman–Crippen LogP) is 6.28. The lowest BCUT2D eigenvalue weighted by atomic mass is 9.92. The Morgan fingerprint density at radius 3 is 2.42 bits per heavy atom. The molecule has 4 rings (SSSR count). The summed E-state index contributed by atoms with van der Waals surface area (Å²) < 4.78 is 1.59. The Morgan fingerprint density at radius 2 is 1.77 bits per heavy atom. The average Bonchev–Trinajstić information content (AvgIpc) is 3.25. The highest BCUT2D eigenvalue weighted by Crippen LogP contribution is 2.32. The fourth-order valence-electron chi connectivity index (χ4n) is 3.14. The Morgan fingerprint density at radius 1 is 1.06 bits per heavy atom. The number of aryl methyl sites for hydroxylation is 1. The van der Waals surface area contributed by atoms with E-state index in [0.717, 1.165) is 16.8 Å². The van der Waals surface area contributed by atoms with Crippen molar-refractivity contribution in [3.05, 3.63) is 63.8 Å². The van der Waals surface area contributed by atoms with Crippen LogP contribution in [-0.4, -0.2) is 25.8 Å². The van der Waals surface area contributed by atoms with Gasteiger partial charge in [-0.25, -0.2) is 9.78 Å². The number of carbonyl (C=O) groups excluding carboxylic acids is 1. The van der Waals surface area contributed by atoms with Crippen LogP contribution in [0.5, 0.6) is 0 Å². The second-order valence-electron chi connectivity index (χ2n) is 8.36. The summed E-state index contributed by atoms with van der Waals surface area (Å²) in [5, 5.41) is 14.3. The van der Waals surface area contributed by atoms with E-state index >= 15 is 0 Å². The van der Waals surface area contributed by atoms with E-state index < -0.39 is 0 Å². The Labute approximate surface area is 189 Å². The molecule has 2 amide bonds. The van der Waals surface area contributed by atoms with Gasteiger partial charge in [-0.05, 0) is 48.9 Å². The van der Waals surface area contributed by atoms with Gasteiger partial charge in [0.15, 0.2) is 11.5 Å². The van der Waals surface area contributed by atoms with Gasteiger partial charge in [0.25, 0.3) is 0 Å². The molecule has 0 bridgehead atoms. The highest BCUT2D eigenvalue weighted by atomic mass is 35.5. The van der Waals surface area contributed by atoms with Gasteiger partial charge in [-0.15, -0.1) is 5.10 Å². The number of urea groups is 1. The van der Waals surface area contributed by atoms with Gasteiger partial charge in [0.2, 0.25) is 0 Å². The normalized spacial score (nSPS) is 11.7. The summed E-state index contributed by atoms with van der Waals surface area (Å²) >= 11 is 12.6. The Hall–Kier alpha value is -3.03. The number of amides is 2. The summed E-state index contributed by atoms with van der Waals surface area (Å²) in [5.41, 5.74) is 4.31. The number of halogens is 2. The van der Waals surface area contributed by atoms with Gasteiger partial charge >= 0.3 is 6.03 Å². The molecule has 9 heteroatoms. The molecule has 0 saturated heterocycles. The molecule has 2 aromatic heterocycles. The van der Waals surface area contributed by atoms with E-state index in [1.54, 1.807) is 22.8 Å². The molecule has 0 radical (unpaired) electrons. The van der Waals surface area contributed by atoms with E-state index in [1.807, 2.05) is 31.2 Å². The molecule has 0 saturated carbocycles. The zero-order valence-corrected chi connectivity index (χ0v) is 19.1. The summed E-state index contributed by atoms with van der Waals surface area (Å²) in [4.78, 5) is 16.9. The first kappa shape index (κ1) is 21.2. The molecule has 0 atom stereocenters. The average molecular weight is 457 g/mol. The largest absolute Gasteiger partial charge is 0.323 e. The van der Waals surface area contributed by atoms with Crippen LogP contribution in [0.25, 0.3) is 17.0 Å². The Bertz CT molecular complexity index is 1270. The van der Waals surface area contributed by atoms with E-state index in [-0.39, 0.29) is 11.4 Å². The van der Waals surface area contributed by atoms with Crippen molar-refractivity contribution in [2.45, 2.75) is 33.1 Å². The minimum absolute atomic E-state index is 0.143. The quantitative estimate of drug-likeness (QED) is 0.338. The highest BCUT2D eigenvalue weighted by Gasteiger charge is 2.24. The van der Waals surface area contributed by atoms with Gasteiger partial charge in [-0.1, -0.05) is 50.0 Å². The minimum atomic E-state index is -0.379. The first-order chi connectivity index (χ1) is 14.6. The van der Waals surface area contributed by atoms with Gasteiger partial charge in [0.05, 0.1) is 16.4 Å². The first-order valence-electron chi connectivity index (χ1n) is 9.71. The van der Waals surface area contributed by atoms with E-state index in [1.165, 1.54) is 0 Å². The standard InChI is InChI=1S/C22H22Cl2N6O/c1-12-5-10-15(23)16(11-12)26-21(31)25-14-8-6-13(7-9-14)19-27-20-17(24)18(22(2,3)4)28-30(20)29-19/h5-11,28H,1-4H3,(H2,25,26,31). The summed E-state index contributed by atoms with van der Waals surface area (Å²) in [7, 11) is 0. The molecule has 0 fully saturated rings. The number of H-pyrrole nitrogens is 1. The van der Waals surface area contributed by atoms with Gasteiger partial charge in [-0.2, -0.15) is 4.63 Å². The van der Waals surface area contributed by atoms with Crippen LogP contribution < -0.4 is 10.6 Å². The molecule has 4 aromatic rings. The third-order valence-corrected chi connectivity index (χ3v) is 5.45. The van der Waals surface area contributed by atoms with Crippen molar-refractivity contribution in [1.82, 2.24) is 19.8 Å². The van der Waals surface area contributed by atoms with Crippen molar-refractivity contribution < 1.29 is 4.79 Å². The van der Waals surface area contributed by atoms with Crippen LogP contribution in [0.3, 0.4) is 0 Å². The lowest BCUT2D eigenvalue weighted by Crippen LogP contribution is -2.19. The fraction of sp³-hybridized carbons (Fsp3) is 0.227. The zero-order chi connectivity index (χ0) is 22.3. The fourth-order valence-corrected chi connectivity index (χ4v) is 3.75. The monoisotopic (exact) mass is 456 g/mol. The van der Waals surface area contributed by atoms with Gasteiger partial charge in [0, 0.05) is 16.7 Å². The lowest BCUT2D eigenvalue weighted by molar-refractivity contribution is 0.262. The molecule has 2 heterocycles. The van der Waals surface area contributed by atoms with E-state index in [0.29, 0.717) is 32.9 Å². The number of hydrogen-bond acceptors (Lipinski definition) is 3. The van der Waals surface area contributed by atoms with Crippen molar-refractivity contribution >= 4 is 46.3 Å². The maximum absolute atomic E-state index is 12.3. The van der Waals surface area contributed by atoms with Crippen molar-refractivity contribution in [3.8, 4) is 11.4 Å². The van der Waals surface area contributed by atoms with E-state index in [9.17, 15) is 4.79 Å². The SMILES string of the molecule is Cc1ccc(Cl)c(NC(=O)Nc2ccc(-c3nc4c(Cl)c(C(C)(C)C)[nH]n4n3)cc2)c1. The number of rotatable bonds is 3. The van der Waals surface area contributed by atoms with Crippen LogP contribution in [0.4, 0.5) is 16.2 Å². The zero-order valence-electron chi connectivity index (χ0n) is 17.5. The van der Waals surface area contributed by atoms with Crippen molar-refractivity contribution in [1.29, 1.82) is 0 Å². The summed E-state index contributed by atoms with van der Waals surface area (Å²) in [6, 6.07) is 12.3. The Kier molecular flexibility index (Phi) is 5.41. The Balaban J connectivity index is 1.49. The molecule has 0 aliphatic heterocycles. The number of aromatic amines is 1. The number of benzene rings is 2. The van der Waals surface area contributed by atoms with Gasteiger partial charge in [0.1, 0.15) is 5.02 Å². The smallest absolute Gasteiger partial charge is 0.308 e. The molecule has 3 N–H and O–H groups in total. The van der Waals surface area contributed by atoms with Crippen LogP contribution in [0.1, 0.15) is 32.0 Å². The molecule has 0 aliphatic rings. The number of carbonyl (C=O) groups is 1. The number of fused-ring (bicyclic) bond motifs is 1. The number of aromatic nitrogens is 4. The third kappa shape index (κ3) is 4.38. The molecular formula is C22H22Cl2N6O. The van der Waals surface area contributed by atoms with Crippen molar-refractivity contribution in [2.24, 2.45) is 0 Å². The summed E-state index contributed by atoms with van der Waals surface area (Å²) in [5.74, 6) is 0.538. The van der Waals surface area contributed by atoms with E-state index in [2.05, 4.69) is 46.6 Å². The van der Waals surface area contributed by atoms with Crippen LogP contribution in [0, 0.1) is 6.92 Å². The molecule has 31 heavy (non-hydrogen) atoms. The molecule has 2 aromatic carbocycles. The highest BCUT2D eigenvalue weighted by molar-refractivity contribution is 6.34. The lowest BCUT2D eigenvalue weighted by Gasteiger charge is -2.16. The number of anilines is 2. The summed E-state index contributed by atoms with van der Waals surface area (Å²) in [6.07, 6.45) is 0. The summed E-state index contributed by atoms with van der Waals surface area (Å²) in [6.45, 7) is 8.14. The van der Waals surface area contributed by atoms with Crippen LogP contribution in [-0.2, 0) is 5.41 Å². The third-order valence-electron chi connectivity index (χ3n) is 4.76. The molecule has 0 unspecified atom stereocenters. The number of hydrogen-bond donors (Lipinski definition) is 3.